The first-order valence-electron chi connectivity index (χ1n) is 8.41. The standard InChI is InChI=1S/C16H31N3O/c1-18-9-3-4-15(11-18)19(2)14-7-8-16(10-14,12-20)17-13-5-6-13/h13-15,17,20H,3-12H2,1-2H3. The summed E-state index contributed by atoms with van der Waals surface area (Å²) in [4.78, 5) is 5.07. The predicted octanol–water partition coefficient (Wildman–Crippen LogP) is 1.05. The van der Waals surface area contributed by atoms with Crippen LogP contribution in [0.3, 0.4) is 0 Å². The highest BCUT2D eigenvalue weighted by atomic mass is 16.3. The maximum Gasteiger partial charge on any atom is 0.0614 e. The Hall–Kier alpha value is -0.160. The summed E-state index contributed by atoms with van der Waals surface area (Å²) >= 11 is 0. The topological polar surface area (TPSA) is 38.7 Å². The molecule has 0 amide bonds. The molecule has 20 heavy (non-hydrogen) atoms. The van der Waals surface area contributed by atoms with E-state index in [1.807, 2.05) is 0 Å². The Morgan fingerprint density at radius 2 is 2.05 bits per heavy atom. The third-order valence-corrected chi connectivity index (χ3v) is 5.72. The molecule has 3 rings (SSSR count). The van der Waals surface area contributed by atoms with E-state index in [0.29, 0.717) is 24.7 Å². The Kier molecular flexibility index (Phi) is 4.37. The van der Waals surface area contributed by atoms with Crippen LogP contribution in [-0.2, 0) is 0 Å². The summed E-state index contributed by atoms with van der Waals surface area (Å²) in [5.74, 6) is 0. The van der Waals surface area contributed by atoms with E-state index in [1.54, 1.807) is 0 Å². The van der Waals surface area contributed by atoms with Crippen molar-refractivity contribution in [3.05, 3.63) is 0 Å². The highest BCUT2D eigenvalue weighted by Crippen LogP contribution is 2.36. The number of likely N-dealkylation sites (tertiary alicyclic amines) is 1. The molecule has 0 radical (unpaired) electrons. The van der Waals surface area contributed by atoms with Crippen molar-refractivity contribution in [3.63, 3.8) is 0 Å². The van der Waals surface area contributed by atoms with Crippen molar-refractivity contribution in [2.45, 2.75) is 68.6 Å². The molecular weight excluding hydrogens is 250 g/mol. The molecule has 4 heteroatoms. The van der Waals surface area contributed by atoms with Gasteiger partial charge in [-0.1, -0.05) is 0 Å². The van der Waals surface area contributed by atoms with E-state index in [1.165, 1.54) is 45.2 Å². The van der Waals surface area contributed by atoms with Crippen molar-refractivity contribution in [2.24, 2.45) is 0 Å². The van der Waals surface area contributed by atoms with Crippen LogP contribution in [0.1, 0.15) is 44.9 Å². The molecule has 3 aliphatic rings. The Morgan fingerprint density at radius 3 is 2.70 bits per heavy atom. The average molecular weight is 281 g/mol. The molecule has 2 saturated carbocycles. The van der Waals surface area contributed by atoms with Crippen LogP contribution in [-0.4, -0.2) is 72.4 Å². The molecule has 3 atom stereocenters. The number of likely N-dealkylation sites (N-methyl/N-ethyl adjacent to an activating group) is 2. The highest BCUT2D eigenvalue weighted by molar-refractivity contribution is 5.03. The van der Waals surface area contributed by atoms with E-state index in [9.17, 15) is 5.11 Å². The van der Waals surface area contributed by atoms with Crippen LogP contribution in [0, 0.1) is 0 Å². The van der Waals surface area contributed by atoms with Crippen LogP contribution in [0.2, 0.25) is 0 Å². The first kappa shape index (κ1) is 14.8. The first-order valence-corrected chi connectivity index (χ1v) is 8.41. The molecule has 0 bridgehead atoms. The quantitative estimate of drug-likeness (QED) is 0.790. The molecule has 4 nitrogen and oxygen atoms in total. The molecule has 1 aliphatic heterocycles. The van der Waals surface area contributed by atoms with Crippen molar-refractivity contribution in [3.8, 4) is 0 Å². The minimum Gasteiger partial charge on any atom is -0.394 e. The zero-order valence-corrected chi connectivity index (χ0v) is 13.1. The van der Waals surface area contributed by atoms with Gasteiger partial charge >= 0.3 is 0 Å². The minimum atomic E-state index is 0.0145. The lowest BCUT2D eigenvalue weighted by atomic mass is 9.97. The molecule has 116 valence electrons. The molecule has 2 aliphatic carbocycles. The number of piperidine rings is 1. The van der Waals surface area contributed by atoms with Gasteiger partial charge < -0.3 is 15.3 Å². The molecule has 2 N–H and O–H groups in total. The van der Waals surface area contributed by atoms with Gasteiger partial charge in [0.15, 0.2) is 0 Å². The Labute approximate surface area is 123 Å². The molecule has 1 saturated heterocycles. The lowest BCUT2D eigenvalue weighted by Crippen LogP contribution is -2.51. The van der Waals surface area contributed by atoms with Gasteiger partial charge in [-0.05, 0) is 65.6 Å². The largest absolute Gasteiger partial charge is 0.394 e. The highest BCUT2D eigenvalue weighted by Gasteiger charge is 2.44. The lowest BCUT2D eigenvalue weighted by molar-refractivity contribution is 0.0901. The van der Waals surface area contributed by atoms with Gasteiger partial charge in [0.2, 0.25) is 0 Å². The summed E-state index contributed by atoms with van der Waals surface area (Å²) in [5, 5.41) is 13.6. The summed E-state index contributed by atoms with van der Waals surface area (Å²) in [5.41, 5.74) is 0.0145. The Balaban J connectivity index is 1.57. The predicted molar refractivity (Wildman–Crippen MR) is 81.9 cm³/mol. The summed E-state index contributed by atoms with van der Waals surface area (Å²) in [6.07, 6.45) is 8.75. The van der Waals surface area contributed by atoms with Crippen LogP contribution >= 0.6 is 0 Å². The van der Waals surface area contributed by atoms with Gasteiger partial charge in [0.05, 0.1) is 6.61 Å². The average Bonchev–Trinajstić information content (AvgIpc) is 3.15. The minimum absolute atomic E-state index is 0.0145. The molecule has 1 heterocycles. The molecule has 3 unspecified atom stereocenters. The number of nitrogens with zero attached hydrogens (tertiary/aromatic N) is 2. The number of nitrogens with one attached hydrogen (secondary N) is 1. The normalized spacial score (nSPS) is 39.6. The van der Waals surface area contributed by atoms with E-state index < -0.39 is 0 Å². The second-order valence-electron chi connectivity index (χ2n) is 7.48. The van der Waals surface area contributed by atoms with Crippen molar-refractivity contribution >= 4 is 0 Å². The van der Waals surface area contributed by atoms with E-state index in [4.69, 9.17) is 0 Å². The van der Waals surface area contributed by atoms with Crippen molar-refractivity contribution in [2.75, 3.05) is 33.8 Å². The zero-order chi connectivity index (χ0) is 14.2. The van der Waals surface area contributed by atoms with Gasteiger partial charge in [-0.2, -0.15) is 0 Å². The second kappa shape index (κ2) is 5.91. The van der Waals surface area contributed by atoms with Gasteiger partial charge in [0, 0.05) is 30.2 Å². The first-order chi connectivity index (χ1) is 9.62. The number of hydrogen-bond donors (Lipinski definition) is 2. The van der Waals surface area contributed by atoms with Gasteiger partial charge in [-0.15, -0.1) is 0 Å². The second-order valence-corrected chi connectivity index (χ2v) is 7.48. The maximum atomic E-state index is 9.86. The SMILES string of the molecule is CN1CCCC(N(C)C2CCC(CO)(NC3CC3)C2)C1. The van der Waals surface area contributed by atoms with E-state index >= 15 is 0 Å². The Bertz CT molecular complexity index is 334. The van der Waals surface area contributed by atoms with Gasteiger partial charge in [0.25, 0.3) is 0 Å². The molecule has 0 aromatic heterocycles. The fraction of sp³-hybridized carbons (Fsp3) is 1.00. The van der Waals surface area contributed by atoms with Crippen molar-refractivity contribution in [1.82, 2.24) is 15.1 Å². The van der Waals surface area contributed by atoms with Crippen molar-refractivity contribution < 1.29 is 5.11 Å². The van der Waals surface area contributed by atoms with E-state index in [2.05, 4.69) is 29.2 Å². The third-order valence-electron chi connectivity index (χ3n) is 5.72. The third kappa shape index (κ3) is 3.19. The van der Waals surface area contributed by atoms with E-state index in [-0.39, 0.29) is 5.54 Å². The monoisotopic (exact) mass is 281 g/mol. The maximum absolute atomic E-state index is 9.86. The van der Waals surface area contributed by atoms with Crippen molar-refractivity contribution in [1.29, 1.82) is 0 Å². The fourth-order valence-electron chi connectivity index (χ4n) is 4.20. The molecule has 0 aromatic carbocycles. The molecule has 0 aromatic rings. The number of aliphatic hydroxyl groups is 1. The Morgan fingerprint density at radius 1 is 1.25 bits per heavy atom. The van der Waals surface area contributed by atoms with Crippen LogP contribution in [0.4, 0.5) is 0 Å². The van der Waals surface area contributed by atoms with Gasteiger partial charge in [-0.25, -0.2) is 0 Å². The number of rotatable bonds is 5. The van der Waals surface area contributed by atoms with Gasteiger partial charge in [0.1, 0.15) is 0 Å². The molecule has 0 spiro atoms. The summed E-state index contributed by atoms with van der Waals surface area (Å²) < 4.78 is 0. The number of aliphatic hydroxyl groups excluding tert-OH is 1. The van der Waals surface area contributed by atoms with Crippen LogP contribution in [0.25, 0.3) is 0 Å². The van der Waals surface area contributed by atoms with Crippen LogP contribution in [0.5, 0.6) is 0 Å². The lowest BCUT2D eigenvalue weighted by Gasteiger charge is -2.39. The summed E-state index contributed by atoms with van der Waals surface area (Å²) in [7, 11) is 4.54. The number of hydrogen-bond acceptors (Lipinski definition) is 4. The molecular formula is C16H31N3O. The smallest absolute Gasteiger partial charge is 0.0614 e. The van der Waals surface area contributed by atoms with E-state index in [0.717, 1.165) is 12.8 Å². The van der Waals surface area contributed by atoms with Crippen LogP contribution in [0.15, 0.2) is 0 Å². The summed E-state index contributed by atoms with van der Waals surface area (Å²) in [6.45, 7) is 2.76. The summed E-state index contributed by atoms with van der Waals surface area (Å²) in [6, 6.07) is 2.03. The van der Waals surface area contributed by atoms with Crippen LogP contribution < -0.4 is 5.32 Å². The zero-order valence-electron chi connectivity index (χ0n) is 13.1. The fourth-order valence-corrected chi connectivity index (χ4v) is 4.20. The van der Waals surface area contributed by atoms with Gasteiger partial charge in [-0.3, -0.25) is 4.90 Å². The molecule has 3 fully saturated rings.